The van der Waals surface area contributed by atoms with E-state index in [-0.39, 0.29) is 32.1 Å². The largest absolute Gasteiger partial charge is 0.336 e. The molecule has 3 aromatic rings. The maximum Gasteiger partial charge on any atom is 0.254 e. The number of amides is 1. The van der Waals surface area contributed by atoms with Crippen molar-refractivity contribution in [3.05, 3.63) is 70.7 Å². The number of benzene rings is 2. The molecule has 4 rings (SSSR count). The van der Waals surface area contributed by atoms with Gasteiger partial charge in [-0.15, -0.1) is 0 Å². The summed E-state index contributed by atoms with van der Waals surface area (Å²) >= 11 is 0. The fourth-order valence-electron chi connectivity index (χ4n) is 4.11. The summed E-state index contributed by atoms with van der Waals surface area (Å²) in [6.45, 7) is 3.74. The van der Waals surface area contributed by atoms with Crippen molar-refractivity contribution in [2.75, 3.05) is 26.2 Å². The number of fused-ring (bicyclic) bond motifs is 1. The van der Waals surface area contributed by atoms with Gasteiger partial charge in [-0.1, -0.05) is 25.1 Å². The van der Waals surface area contributed by atoms with Crippen LogP contribution >= 0.6 is 0 Å². The lowest BCUT2D eigenvalue weighted by molar-refractivity contribution is 0.0698. The van der Waals surface area contributed by atoms with Crippen molar-refractivity contribution in [1.82, 2.24) is 14.2 Å². The monoisotopic (exact) mass is 477 g/mol. The number of hydrogen-bond donors (Lipinski definition) is 0. The zero-order chi connectivity index (χ0) is 23.9. The van der Waals surface area contributed by atoms with Crippen LogP contribution in [0.3, 0.4) is 0 Å². The Kier molecular flexibility index (Phi) is 6.15. The van der Waals surface area contributed by atoms with Gasteiger partial charge in [0, 0.05) is 37.3 Å². The second-order valence-electron chi connectivity index (χ2n) is 7.80. The van der Waals surface area contributed by atoms with Crippen LogP contribution < -0.4 is 0 Å². The molecule has 0 bridgehead atoms. The number of sulfonamides is 1. The van der Waals surface area contributed by atoms with Crippen LogP contribution in [-0.4, -0.2) is 54.7 Å². The van der Waals surface area contributed by atoms with Gasteiger partial charge in [0.2, 0.25) is 10.0 Å². The number of aromatic nitrogens is 1. The van der Waals surface area contributed by atoms with E-state index in [1.165, 1.54) is 0 Å². The van der Waals surface area contributed by atoms with E-state index in [9.17, 15) is 26.4 Å². The Morgan fingerprint density at radius 1 is 1.00 bits per heavy atom. The van der Waals surface area contributed by atoms with Crippen LogP contribution in [0.15, 0.2) is 41.3 Å². The van der Waals surface area contributed by atoms with Crippen molar-refractivity contribution in [3.63, 3.8) is 0 Å². The highest BCUT2D eigenvalue weighted by atomic mass is 32.2. The van der Waals surface area contributed by atoms with E-state index in [1.807, 2.05) is 38.1 Å². The molecule has 1 fully saturated rings. The molecule has 33 heavy (non-hydrogen) atoms. The molecule has 0 radical (unpaired) electrons. The number of halogens is 3. The summed E-state index contributed by atoms with van der Waals surface area (Å²) in [7, 11) is -4.40. The predicted molar refractivity (Wildman–Crippen MR) is 117 cm³/mol. The predicted octanol–water partition coefficient (Wildman–Crippen LogP) is 3.67. The number of piperazine rings is 1. The second-order valence-corrected chi connectivity index (χ2v) is 9.71. The molecule has 1 aliphatic heterocycles. The van der Waals surface area contributed by atoms with Gasteiger partial charge < -0.3 is 4.90 Å². The van der Waals surface area contributed by atoms with Crippen LogP contribution in [0.2, 0.25) is 0 Å². The summed E-state index contributed by atoms with van der Waals surface area (Å²) in [4.78, 5) is 18.7. The number of aryl methyl sites for hydroxylation is 1. The maximum absolute atomic E-state index is 14.1. The van der Waals surface area contributed by atoms with Crippen LogP contribution in [-0.2, 0) is 16.4 Å². The number of rotatable bonds is 4. The van der Waals surface area contributed by atoms with Gasteiger partial charge in [0.05, 0.1) is 11.1 Å². The van der Waals surface area contributed by atoms with Crippen LogP contribution in [0.1, 0.15) is 28.5 Å². The normalized spacial score (nSPS) is 15.2. The quantitative estimate of drug-likeness (QED) is 0.538. The Morgan fingerprint density at radius 3 is 2.33 bits per heavy atom. The Balaban J connectivity index is 1.60. The lowest BCUT2D eigenvalue weighted by Gasteiger charge is -2.34. The third-order valence-corrected chi connectivity index (χ3v) is 7.84. The van der Waals surface area contributed by atoms with Gasteiger partial charge >= 0.3 is 0 Å². The van der Waals surface area contributed by atoms with Crippen molar-refractivity contribution < 1.29 is 26.4 Å². The molecule has 0 unspecified atom stereocenters. The standard InChI is InChI=1S/C23H22F3N3O3S/c1-3-17-14(2)20(15-6-4-5-7-18(15)27-17)23(30)28-10-12-29(13-11-28)33(31,32)19-9-8-16(24)21(25)22(19)26/h4-9H,3,10-13H2,1-2H3. The molecule has 174 valence electrons. The first-order valence-electron chi connectivity index (χ1n) is 10.5. The van der Waals surface area contributed by atoms with Crippen LogP contribution in [0.5, 0.6) is 0 Å². The molecule has 2 heterocycles. The molecule has 1 saturated heterocycles. The fourth-order valence-corrected chi connectivity index (χ4v) is 5.59. The molecule has 0 atom stereocenters. The summed E-state index contributed by atoms with van der Waals surface area (Å²) in [5.41, 5.74) is 2.82. The first-order chi connectivity index (χ1) is 15.7. The molecule has 0 N–H and O–H groups in total. The van der Waals surface area contributed by atoms with Gasteiger partial charge in [0.25, 0.3) is 5.91 Å². The maximum atomic E-state index is 14.1. The van der Waals surface area contributed by atoms with E-state index in [4.69, 9.17) is 0 Å². The summed E-state index contributed by atoms with van der Waals surface area (Å²) in [6.07, 6.45) is 0.656. The van der Waals surface area contributed by atoms with Gasteiger partial charge in [-0.05, 0) is 37.1 Å². The molecule has 1 aliphatic rings. The van der Waals surface area contributed by atoms with E-state index in [0.29, 0.717) is 29.6 Å². The molecule has 0 saturated carbocycles. The van der Waals surface area contributed by atoms with E-state index < -0.39 is 32.4 Å². The van der Waals surface area contributed by atoms with E-state index in [1.54, 1.807) is 4.90 Å². The van der Waals surface area contributed by atoms with Crippen LogP contribution in [0.25, 0.3) is 10.9 Å². The number of hydrogen-bond acceptors (Lipinski definition) is 4. The summed E-state index contributed by atoms with van der Waals surface area (Å²) in [5, 5.41) is 0.719. The third kappa shape index (κ3) is 3.97. The van der Waals surface area contributed by atoms with E-state index >= 15 is 0 Å². The zero-order valence-corrected chi connectivity index (χ0v) is 18.9. The van der Waals surface area contributed by atoms with Gasteiger partial charge in [-0.2, -0.15) is 4.31 Å². The lowest BCUT2D eigenvalue weighted by Crippen LogP contribution is -2.50. The first kappa shape index (κ1) is 23.2. The summed E-state index contributed by atoms with van der Waals surface area (Å²) < 4.78 is 67.5. The van der Waals surface area contributed by atoms with Gasteiger partial charge in [-0.3, -0.25) is 9.78 Å². The minimum Gasteiger partial charge on any atom is -0.336 e. The molecule has 6 nitrogen and oxygen atoms in total. The highest BCUT2D eigenvalue weighted by molar-refractivity contribution is 7.89. The van der Waals surface area contributed by atoms with Gasteiger partial charge in [-0.25, -0.2) is 21.6 Å². The number of pyridine rings is 1. The molecule has 2 aromatic carbocycles. The number of carbonyl (C=O) groups excluding carboxylic acids is 1. The van der Waals surface area contributed by atoms with E-state index in [0.717, 1.165) is 20.9 Å². The van der Waals surface area contributed by atoms with Crippen molar-refractivity contribution in [2.24, 2.45) is 0 Å². The molecule has 10 heteroatoms. The Bertz CT molecular complexity index is 1350. The molecular formula is C23H22F3N3O3S. The SMILES string of the molecule is CCc1nc2ccccc2c(C(=O)N2CCN(S(=O)(=O)c3ccc(F)c(F)c3F)CC2)c1C. The lowest BCUT2D eigenvalue weighted by atomic mass is 9.99. The van der Waals surface area contributed by atoms with Gasteiger partial charge in [0.15, 0.2) is 17.5 Å². The Hall–Kier alpha value is -2.98. The van der Waals surface area contributed by atoms with E-state index in [2.05, 4.69) is 4.98 Å². The van der Waals surface area contributed by atoms with Crippen molar-refractivity contribution in [1.29, 1.82) is 0 Å². The third-order valence-electron chi connectivity index (χ3n) is 5.93. The molecule has 0 spiro atoms. The first-order valence-corrected chi connectivity index (χ1v) is 11.9. The van der Waals surface area contributed by atoms with Crippen molar-refractivity contribution in [2.45, 2.75) is 25.2 Å². The van der Waals surface area contributed by atoms with Crippen molar-refractivity contribution >= 4 is 26.8 Å². The Labute approximate surface area is 189 Å². The number of para-hydroxylation sites is 1. The second kappa shape index (κ2) is 8.75. The van der Waals surface area contributed by atoms with Crippen LogP contribution in [0.4, 0.5) is 13.2 Å². The summed E-state index contributed by atoms with van der Waals surface area (Å²) in [6, 6.07) is 8.62. The average Bonchev–Trinajstić information content (AvgIpc) is 2.81. The molecular weight excluding hydrogens is 455 g/mol. The number of carbonyl (C=O) groups is 1. The smallest absolute Gasteiger partial charge is 0.254 e. The molecule has 1 aromatic heterocycles. The van der Waals surface area contributed by atoms with Gasteiger partial charge in [0.1, 0.15) is 4.90 Å². The highest BCUT2D eigenvalue weighted by Gasteiger charge is 2.34. The zero-order valence-electron chi connectivity index (χ0n) is 18.1. The molecule has 1 amide bonds. The average molecular weight is 478 g/mol. The minimum atomic E-state index is -4.40. The molecule has 0 aliphatic carbocycles. The Morgan fingerprint density at radius 2 is 1.67 bits per heavy atom. The fraction of sp³-hybridized carbons (Fsp3) is 0.304. The van der Waals surface area contributed by atoms with Crippen molar-refractivity contribution in [3.8, 4) is 0 Å². The summed E-state index contributed by atoms with van der Waals surface area (Å²) in [5.74, 6) is -5.29. The topological polar surface area (TPSA) is 70.6 Å². The minimum absolute atomic E-state index is 0.0703. The highest BCUT2D eigenvalue weighted by Crippen LogP contribution is 2.27. The van der Waals surface area contributed by atoms with Crippen LogP contribution in [0, 0.1) is 24.4 Å². The number of nitrogens with zero attached hydrogens (tertiary/aromatic N) is 3.